The lowest BCUT2D eigenvalue weighted by atomic mass is 10.1. The van der Waals surface area contributed by atoms with Gasteiger partial charge in [0.1, 0.15) is 5.82 Å². The molecule has 4 nitrogen and oxygen atoms in total. The highest BCUT2D eigenvalue weighted by Crippen LogP contribution is 2.08. The summed E-state index contributed by atoms with van der Waals surface area (Å²) in [5.74, 6) is -0.402. The molecule has 0 atom stereocenters. The van der Waals surface area contributed by atoms with E-state index in [0.717, 1.165) is 5.69 Å². The van der Waals surface area contributed by atoms with E-state index < -0.39 is 0 Å². The Kier molecular flexibility index (Phi) is 4.76. The Morgan fingerprint density at radius 3 is 2.70 bits per heavy atom. The molecule has 0 aliphatic carbocycles. The molecule has 1 heterocycles. The highest BCUT2D eigenvalue weighted by Gasteiger charge is 2.06. The number of amides is 1. The van der Waals surface area contributed by atoms with Crippen LogP contribution in [0.3, 0.4) is 0 Å². The highest BCUT2D eigenvalue weighted by atomic mass is 19.1. The van der Waals surface area contributed by atoms with Gasteiger partial charge in [-0.3, -0.25) is 4.79 Å². The van der Waals surface area contributed by atoms with Gasteiger partial charge in [0.15, 0.2) is 0 Å². The van der Waals surface area contributed by atoms with Crippen molar-refractivity contribution in [3.63, 3.8) is 0 Å². The van der Waals surface area contributed by atoms with Crippen LogP contribution in [0.15, 0.2) is 36.4 Å². The summed E-state index contributed by atoms with van der Waals surface area (Å²) in [5, 5.41) is 10.6. The highest BCUT2D eigenvalue weighted by molar-refractivity contribution is 5.76. The van der Waals surface area contributed by atoms with Crippen molar-refractivity contribution in [1.29, 1.82) is 0 Å². The SMILES string of the molecule is Cc1ccc(CNC(=O)CCc2ccccc2F)nn1. The van der Waals surface area contributed by atoms with Gasteiger partial charge in [-0.25, -0.2) is 4.39 Å². The van der Waals surface area contributed by atoms with E-state index in [-0.39, 0.29) is 18.1 Å². The lowest BCUT2D eigenvalue weighted by Crippen LogP contribution is -2.23. The summed E-state index contributed by atoms with van der Waals surface area (Å²) in [6.07, 6.45) is 0.637. The van der Waals surface area contributed by atoms with Crippen LogP contribution in [0.4, 0.5) is 4.39 Å². The number of carbonyl (C=O) groups excluding carboxylic acids is 1. The van der Waals surface area contributed by atoms with Gasteiger partial charge in [0.25, 0.3) is 0 Å². The van der Waals surface area contributed by atoms with Crippen LogP contribution in [-0.2, 0) is 17.8 Å². The van der Waals surface area contributed by atoms with E-state index in [1.807, 2.05) is 19.1 Å². The van der Waals surface area contributed by atoms with Crippen LogP contribution in [0.2, 0.25) is 0 Å². The van der Waals surface area contributed by atoms with Crippen LogP contribution in [0.5, 0.6) is 0 Å². The van der Waals surface area contributed by atoms with Crippen molar-refractivity contribution in [2.75, 3.05) is 0 Å². The molecule has 0 saturated heterocycles. The minimum absolute atomic E-state index is 0.129. The Hall–Kier alpha value is -2.30. The molecule has 1 N–H and O–H groups in total. The van der Waals surface area contributed by atoms with E-state index in [4.69, 9.17) is 0 Å². The zero-order valence-corrected chi connectivity index (χ0v) is 11.3. The first-order chi connectivity index (χ1) is 9.65. The second-order valence-electron chi connectivity index (χ2n) is 4.53. The summed E-state index contributed by atoms with van der Waals surface area (Å²) >= 11 is 0. The van der Waals surface area contributed by atoms with Gasteiger partial charge in [-0.15, -0.1) is 0 Å². The quantitative estimate of drug-likeness (QED) is 0.908. The maximum Gasteiger partial charge on any atom is 0.220 e. The van der Waals surface area contributed by atoms with E-state index in [0.29, 0.717) is 24.2 Å². The van der Waals surface area contributed by atoms with Crippen molar-refractivity contribution >= 4 is 5.91 Å². The number of hydrogen-bond acceptors (Lipinski definition) is 3. The lowest BCUT2D eigenvalue weighted by Gasteiger charge is -2.05. The van der Waals surface area contributed by atoms with Gasteiger partial charge in [-0.1, -0.05) is 18.2 Å². The molecule has 5 heteroatoms. The van der Waals surface area contributed by atoms with E-state index in [9.17, 15) is 9.18 Å². The first-order valence-corrected chi connectivity index (χ1v) is 6.44. The number of aryl methyl sites for hydroxylation is 2. The normalized spacial score (nSPS) is 10.3. The number of halogens is 1. The van der Waals surface area contributed by atoms with Crippen LogP contribution >= 0.6 is 0 Å². The Balaban J connectivity index is 1.78. The van der Waals surface area contributed by atoms with Gasteiger partial charge in [0.2, 0.25) is 5.91 Å². The number of nitrogens with zero attached hydrogens (tertiary/aromatic N) is 2. The maximum absolute atomic E-state index is 13.4. The summed E-state index contributed by atoms with van der Waals surface area (Å²) in [5.41, 5.74) is 2.09. The third-order valence-electron chi connectivity index (χ3n) is 2.90. The van der Waals surface area contributed by atoms with Crippen LogP contribution < -0.4 is 5.32 Å². The van der Waals surface area contributed by atoms with Crippen molar-refractivity contribution < 1.29 is 9.18 Å². The molecule has 2 aromatic rings. The Morgan fingerprint density at radius 1 is 1.20 bits per heavy atom. The van der Waals surface area contributed by atoms with Gasteiger partial charge >= 0.3 is 0 Å². The molecule has 2 rings (SSSR count). The Labute approximate surface area is 117 Å². The van der Waals surface area contributed by atoms with Crippen LogP contribution in [-0.4, -0.2) is 16.1 Å². The fraction of sp³-hybridized carbons (Fsp3) is 0.267. The molecule has 0 radical (unpaired) electrons. The molecule has 0 spiro atoms. The summed E-state index contributed by atoms with van der Waals surface area (Å²) in [6, 6.07) is 10.1. The molecular formula is C15H16FN3O. The summed E-state index contributed by atoms with van der Waals surface area (Å²) < 4.78 is 13.4. The molecule has 0 aliphatic heterocycles. The summed E-state index contributed by atoms with van der Waals surface area (Å²) in [4.78, 5) is 11.7. The first kappa shape index (κ1) is 14.1. The molecule has 104 valence electrons. The third kappa shape index (κ3) is 4.12. The van der Waals surface area contributed by atoms with Crippen LogP contribution in [0, 0.1) is 12.7 Å². The number of benzene rings is 1. The average molecular weight is 273 g/mol. The second kappa shape index (κ2) is 6.75. The lowest BCUT2D eigenvalue weighted by molar-refractivity contribution is -0.121. The second-order valence-corrected chi connectivity index (χ2v) is 4.53. The van der Waals surface area contributed by atoms with Gasteiger partial charge in [0, 0.05) is 6.42 Å². The number of nitrogens with one attached hydrogen (secondary N) is 1. The topological polar surface area (TPSA) is 54.9 Å². The summed E-state index contributed by atoms with van der Waals surface area (Å²) in [6.45, 7) is 2.19. The molecule has 0 fully saturated rings. The van der Waals surface area contributed by atoms with Gasteiger partial charge in [-0.05, 0) is 37.1 Å². The van der Waals surface area contributed by atoms with Crippen molar-refractivity contribution in [1.82, 2.24) is 15.5 Å². The molecule has 0 unspecified atom stereocenters. The maximum atomic E-state index is 13.4. The largest absolute Gasteiger partial charge is 0.350 e. The molecule has 0 bridgehead atoms. The zero-order chi connectivity index (χ0) is 14.4. The number of rotatable bonds is 5. The molecular weight excluding hydrogens is 257 g/mol. The van der Waals surface area contributed by atoms with E-state index >= 15 is 0 Å². The van der Waals surface area contributed by atoms with Gasteiger partial charge in [-0.2, -0.15) is 10.2 Å². The number of hydrogen-bond donors (Lipinski definition) is 1. The summed E-state index contributed by atoms with van der Waals surface area (Å²) in [7, 11) is 0. The van der Waals surface area contributed by atoms with E-state index in [1.165, 1.54) is 6.07 Å². The van der Waals surface area contributed by atoms with Gasteiger partial charge < -0.3 is 5.32 Å². The monoisotopic (exact) mass is 273 g/mol. The molecule has 0 saturated carbocycles. The molecule has 1 aromatic carbocycles. The van der Waals surface area contributed by atoms with Crippen LogP contribution in [0.1, 0.15) is 23.4 Å². The smallest absolute Gasteiger partial charge is 0.220 e. The van der Waals surface area contributed by atoms with Gasteiger partial charge in [0.05, 0.1) is 17.9 Å². The number of aromatic nitrogens is 2. The fourth-order valence-corrected chi connectivity index (χ4v) is 1.75. The Bertz CT molecular complexity index is 584. The number of carbonyl (C=O) groups is 1. The molecule has 1 amide bonds. The predicted molar refractivity (Wildman–Crippen MR) is 73.3 cm³/mol. The minimum atomic E-state index is -0.273. The van der Waals surface area contributed by atoms with Crippen molar-refractivity contribution in [2.24, 2.45) is 0 Å². The van der Waals surface area contributed by atoms with Crippen molar-refractivity contribution in [3.05, 3.63) is 59.2 Å². The van der Waals surface area contributed by atoms with Crippen LogP contribution in [0.25, 0.3) is 0 Å². The minimum Gasteiger partial charge on any atom is -0.350 e. The average Bonchev–Trinajstić information content (AvgIpc) is 2.46. The van der Waals surface area contributed by atoms with Crippen molar-refractivity contribution in [2.45, 2.75) is 26.3 Å². The third-order valence-corrected chi connectivity index (χ3v) is 2.90. The fourth-order valence-electron chi connectivity index (χ4n) is 1.75. The standard InChI is InChI=1S/C15H16FN3O/c1-11-6-8-13(19-18-11)10-17-15(20)9-7-12-4-2-3-5-14(12)16/h2-6,8H,7,9-10H2,1H3,(H,17,20). The molecule has 20 heavy (non-hydrogen) atoms. The first-order valence-electron chi connectivity index (χ1n) is 6.44. The molecule has 1 aromatic heterocycles. The van der Waals surface area contributed by atoms with Crippen molar-refractivity contribution in [3.8, 4) is 0 Å². The Morgan fingerprint density at radius 2 is 2.00 bits per heavy atom. The zero-order valence-electron chi connectivity index (χ0n) is 11.3. The van der Waals surface area contributed by atoms with E-state index in [1.54, 1.807) is 18.2 Å². The van der Waals surface area contributed by atoms with E-state index in [2.05, 4.69) is 15.5 Å². The predicted octanol–water partition coefficient (Wildman–Crippen LogP) is 2.17. The molecule has 0 aliphatic rings.